The van der Waals surface area contributed by atoms with Crippen LogP contribution in [0.25, 0.3) is 0 Å². The van der Waals surface area contributed by atoms with Gasteiger partial charge < -0.3 is 10.2 Å². The van der Waals surface area contributed by atoms with Crippen molar-refractivity contribution in [1.82, 2.24) is 0 Å². The summed E-state index contributed by atoms with van der Waals surface area (Å²) in [6, 6.07) is 9.88. The predicted molar refractivity (Wildman–Crippen MR) is 114 cm³/mol. The Balaban J connectivity index is 1.74. The van der Waals surface area contributed by atoms with Gasteiger partial charge in [-0.3, -0.25) is 9.59 Å². The highest BCUT2D eigenvalue weighted by molar-refractivity contribution is 7.92. The van der Waals surface area contributed by atoms with E-state index in [1.165, 1.54) is 19.9 Å². The lowest BCUT2D eigenvalue weighted by Gasteiger charge is -2.17. The molecule has 1 unspecified atom stereocenters. The number of rotatable bonds is 5. The van der Waals surface area contributed by atoms with Crippen molar-refractivity contribution in [2.45, 2.75) is 43.8 Å². The van der Waals surface area contributed by atoms with Gasteiger partial charge in [0, 0.05) is 36.3 Å². The quantitative estimate of drug-likeness (QED) is 0.776. The third-order valence-corrected chi connectivity index (χ3v) is 7.49. The zero-order chi connectivity index (χ0) is 21.3. The number of fused-ring (bicyclic) bond motifs is 1. The van der Waals surface area contributed by atoms with Crippen molar-refractivity contribution in [3.05, 3.63) is 52.5 Å². The van der Waals surface area contributed by atoms with E-state index < -0.39 is 15.1 Å². The minimum absolute atomic E-state index is 0.0677. The van der Waals surface area contributed by atoms with E-state index in [1.807, 2.05) is 6.92 Å². The number of aryl methyl sites for hydroxylation is 1. The molecule has 0 spiro atoms. The minimum Gasteiger partial charge on any atom is -0.326 e. The number of carbonyl (C=O) groups is 2. The summed E-state index contributed by atoms with van der Waals surface area (Å²) in [6.45, 7) is 5.38. The fourth-order valence-corrected chi connectivity index (χ4v) is 5.08. The molecule has 1 aliphatic rings. The van der Waals surface area contributed by atoms with E-state index in [4.69, 9.17) is 11.6 Å². The van der Waals surface area contributed by atoms with Crippen molar-refractivity contribution < 1.29 is 18.0 Å². The maximum absolute atomic E-state index is 13.0. The Bertz CT molecular complexity index is 1080. The van der Waals surface area contributed by atoms with Gasteiger partial charge in [-0.25, -0.2) is 8.42 Å². The monoisotopic (exact) mass is 434 g/mol. The predicted octanol–water partition coefficient (Wildman–Crippen LogP) is 3.75. The number of nitrogens with one attached hydrogen (secondary N) is 1. The number of amides is 2. The van der Waals surface area contributed by atoms with Gasteiger partial charge >= 0.3 is 0 Å². The normalized spacial score (nSPS) is 14.4. The number of anilines is 2. The summed E-state index contributed by atoms with van der Waals surface area (Å²) >= 11 is 5.92. The van der Waals surface area contributed by atoms with Crippen molar-refractivity contribution in [1.29, 1.82) is 0 Å². The van der Waals surface area contributed by atoms with Crippen LogP contribution in [-0.4, -0.2) is 32.0 Å². The van der Waals surface area contributed by atoms with Gasteiger partial charge in [0.25, 0.3) is 0 Å². The Morgan fingerprint density at radius 1 is 1.21 bits per heavy atom. The minimum atomic E-state index is -3.69. The molecule has 0 aromatic heterocycles. The van der Waals surface area contributed by atoms with Gasteiger partial charge in [-0.15, -0.1) is 0 Å². The van der Waals surface area contributed by atoms with Crippen LogP contribution in [0.5, 0.6) is 0 Å². The summed E-state index contributed by atoms with van der Waals surface area (Å²) in [5.74, 6) is -0.447. The zero-order valence-electron chi connectivity index (χ0n) is 16.5. The van der Waals surface area contributed by atoms with Crippen LogP contribution in [-0.2, 0) is 25.8 Å². The summed E-state index contributed by atoms with van der Waals surface area (Å²) in [5, 5.41) is 2.42. The van der Waals surface area contributed by atoms with Gasteiger partial charge in [0.2, 0.25) is 11.8 Å². The molecule has 0 saturated carbocycles. The van der Waals surface area contributed by atoms with Gasteiger partial charge in [-0.1, -0.05) is 11.6 Å². The second-order valence-electron chi connectivity index (χ2n) is 7.28. The van der Waals surface area contributed by atoms with E-state index in [1.54, 1.807) is 35.2 Å². The molecule has 1 N–H and O–H groups in total. The van der Waals surface area contributed by atoms with Gasteiger partial charge in [0.15, 0.2) is 9.84 Å². The van der Waals surface area contributed by atoms with Crippen LogP contribution in [0, 0.1) is 6.92 Å². The lowest BCUT2D eigenvalue weighted by molar-refractivity contribution is -0.117. The van der Waals surface area contributed by atoms with Crippen LogP contribution >= 0.6 is 11.6 Å². The molecule has 2 aromatic carbocycles. The molecule has 1 heterocycles. The van der Waals surface area contributed by atoms with E-state index in [9.17, 15) is 18.0 Å². The summed E-state index contributed by atoms with van der Waals surface area (Å²) < 4.78 is 25.9. The third kappa shape index (κ3) is 4.46. The topological polar surface area (TPSA) is 83.6 Å². The molecule has 1 atom stereocenters. The molecule has 2 aromatic rings. The first-order valence-corrected chi connectivity index (χ1v) is 11.2. The Labute approximate surface area is 175 Å². The second kappa shape index (κ2) is 8.16. The van der Waals surface area contributed by atoms with E-state index in [2.05, 4.69) is 5.32 Å². The average Bonchev–Trinajstić information content (AvgIpc) is 3.07. The molecule has 6 nitrogen and oxygen atoms in total. The largest absolute Gasteiger partial charge is 0.326 e. The Morgan fingerprint density at radius 2 is 1.93 bits per heavy atom. The number of nitrogens with zero attached hydrogens (tertiary/aromatic N) is 1. The van der Waals surface area contributed by atoms with Gasteiger partial charge in [-0.05, 0) is 67.8 Å². The van der Waals surface area contributed by atoms with Crippen molar-refractivity contribution in [3.8, 4) is 0 Å². The molecule has 154 valence electrons. The lowest BCUT2D eigenvalue weighted by atomic mass is 10.2. The fraction of sp³-hybridized carbons (Fsp3) is 0.333. The summed E-state index contributed by atoms with van der Waals surface area (Å²) in [7, 11) is -3.69. The number of carbonyl (C=O) groups excluding carboxylic acids is 2. The van der Waals surface area contributed by atoms with Gasteiger partial charge in [0.05, 0.1) is 10.1 Å². The highest BCUT2D eigenvalue weighted by Crippen LogP contribution is 2.31. The number of hydrogen-bond donors (Lipinski definition) is 1. The highest BCUT2D eigenvalue weighted by Gasteiger charge is 2.29. The molecule has 3 rings (SSSR count). The first-order valence-electron chi connectivity index (χ1n) is 9.30. The van der Waals surface area contributed by atoms with Crippen molar-refractivity contribution in [2.24, 2.45) is 0 Å². The van der Waals surface area contributed by atoms with Crippen molar-refractivity contribution >= 4 is 44.6 Å². The summed E-state index contributed by atoms with van der Waals surface area (Å²) in [5.41, 5.74) is 2.98. The second-order valence-corrected chi connectivity index (χ2v) is 10.1. The molecule has 0 radical (unpaired) electrons. The summed E-state index contributed by atoms with van der Waals surface area (Å²) in [4.78, 5) is 25.9. The average molecular weight is 435 g/mol. The molecule has 0 bridgehead atoms. The smallest absolute Gasteiger partial charge is 0.225 e. The van der Waals surface area contributed by atoms with E-state index >= 15 is 0 Å². The molecule has 1 aliphatic heterocycles. The van der Waals surface area contributed by atoms with Crippen molar-refractivity contribution in [2.75, 3.05) is 16.8 Å². The van der Waals surface area contributed by atoms with E-state index in [0.29, 0.717) is 23.7 Å². The van der Waals surface area contributed by atoms with Crippen molar-refractivity contribution in [3.63, 3.8) is 0 Å². The number of benzene rings is 2. The van der Waals surface area contributed by atoms with Crippen LogP contribution in [0.1, 0.15) is 31.4 Å². The first-order chi connectivity index (χ1) is 13.6. The van der Waals surface area contributed by atoms with Crippen LogP contribution in [0.3, 0.4) is 0 Å². The SMILES string of the molecule is CC(=O)N1CCc2cc(S(=O)(=O)C(C)CC(=O)Nc3ccc(Cl)cc3C)ccc21. The third-order valence-electron chi connectivity index (χ3n) is 5.12. The molecular formula is C21H23ClN2O4S. The van der Waals surface area contributed by atoms with Crippen LogP contribution in [0.15, 0.2) is 41.3 Å². The number of hydrogen-bond acceptors (Lipinski definition) is 4. The van der Waals surface area contributed by atoms with E-state index in [-0.39, 0.29) is 23.1 Å². The Kier molecular flexibility index (Phi) is 6.00. The molecule has 0 saturated heterocycles. The number of sulfone groups is 1. The molecule has 0 aliphatic carbocycles. The Hall–Kier alpha value is -2.38. The van der Waals surface area contributed by atoms with Crippen LogP contribution in [0.2, 0.25) is 5.02 Å². The maximum Gasteiger partial charge on any atom is 0.225 e. The zero-order valence-corrected chi connectivity index (χ0v) is 18.1. The summed E-state index contributed by atoms with van der Waals surface area (Å²) in [6.07, 6.45) is 0.448. The van der Waals surface area contributed by atoms with Gasteiger partial charge in [-0.2, -0.15) is 0 Å². The lowest BCUT2D eigenvalue weighted by Crippen LogP contribution is -2.26. The maximum atomic E-state index is 13.0. The standard InChI is InChI=1S/C21H23ClN2O4S/c1-13-10-17(22)4-6-19(13)23-21(26)11-14(2)29(27,28)18-5-7-20-16(12-18)8-9-24(20)15(3)25/h4-7,10,12,14H,8-9,11H2,1-3H3,(H,23,26). The Morgan fingerprint density at radius 3 is 2.59 bits per heavy atom. The molecule has 29 heavy (non-hydrogen) atoms. The fourth-order valence-electron chi connectivity index (χ4n) is 3.45. The van der Waals surface area contributed by atoms with Crippen LogP contribution < -0.4 is 10.2 Å². The molecule has 0 fully saturated rings. The molecular weight excluding hydrogens is 412 g/mol. The van der Waals surface area contributed by atoms with E-state index in [0.717, 1.165) is 16.8 Å². The first kappa shape index (κ1) is 21.3. The van der Waals surface area contributed by atoms with Crippen LogP contribution in [0.4, 0.5) is 11.4 Å². The highest BCUT2D eigenvalue weighted by atomic mass is 35.5. The molecule has 2 amide bonds. The molecule has 8 heteroatoms. The number of halogens is 1. The van der Waals surface area contributed by atoms with Gasteiger partial charge in [0.1, 0.15) is 0 Å².